The molecule has 0 spiro atoms. The van der Waals surface area contributed by atoms with Gasteiger partial charge in [0.2, 0.25) is 0 Å². The molecule has 0 aromatic carbocycles. The number of H-pyrrole nitrogens is 1. The summed E-state index contributed by atoms with van der Waals surface area (Å²) in [7, 11) is 4.13. The molecule has 1 aromatic rings. The fourth-order valence-electron chi connectivity index (χ4n) is 1.22. The number of nitrogens with one attached hydrogen (secondary N) is 1. The van der Waals surface area contributed by atoms with Crippen LogP contribution in [0.2, 0.25) is 0 Å². The lowest BCUT2D eigenvalue weighted by molar-refractivity contribution is 0.371. The first-order chi connectivity index (χ1) is 6.50. The Morgan fingerprint density at radius 1 is 1.50 bits per heavy atom. The highest BCUT2D eigenvalue weighted by Gasteiger charge is 2.03. The van der Waals surface area contributed by atoms with Crippen LogP contribution in [0.3, 0.4) is 0 Å². The molecule has 1 N–H and O–H groups in total. The minimum atomic E-state index is 0.511. The van der Waals surface area contributed by atoms with Crippen LogP contribution in [0.5, 0.6) is 0 Å². The van der Waals surface area contributed by atoms with Crippen molar-refractivity contribution in [2.75, 3.05) is 20.6 Å². The van der Waals surface area contributed by atoms with E-state index in [4.69, 9.17) is 12.2 Å². The van der Waals surface area contributed by atoms with E-state index in [1.807, 2.05) is 4.68 Å². The molecular formula is C10H19N3S. The summed E-state index contributed by atoms with van der Waals surface area (Å²) >= 11 is 5.26. The van der Waals surface area contributed by atoms with Gasteiger partial charge in [-0.15, -0.1) is 0 Å². The van der Waals surface area contributed by atoms with E-state index in [9.17, 15) is 0 Å². The number of rotatable bonds is 4. The van der Waals surface area contributed by atoms with E-state index < -0.39 is 0 Å². The molecule has 1 rings (SSSR count). The third-order valence-electron chi connectivity index (χ3n) is 2.20. The molecule has 0 fully saturated rings. The summed E-state index contributed by atoms with van der Waals surface area (Å²) in [5.41, 5.74) is 1.22. The van der Waals surface area contributed by atoms with Crippen molar-refractivity contribution in [2.45, 2.75) is 26.3 Å². The number of likely N-dealkylation sites (N-methyl/N-ethyl adjacent to an activating group) is 1. The Kier molecular flexibility index (Phi) is 3.89. The third kappa shape index (κ3) is 2.96. The molecule has 0 aliphatic rings. The zero-order valence-electron chi connectivity index (χ0n) is 9.37. The van der Waals surface area contributed by atoms with Gasteiger partial charge < -0.3 is 10.00 Å². The first-order valence-corrected chi connectivity index (χ1v) is 5.36. The van der Waals surface area contributed by atoms with Gasteiger partial charge in [0.1, 0.15) is 4.64 Å². The van der Waals surface area contributed by atoms with Crippen LogP contribution in [0.1, 0.15) is 25.5 Å². The lowest BCUT2D eigenvalue weighted by Gasteiger charge is -2.10. The maximum absolute atomic E-state index is 5.26. The number of hydrogen-bond donors (Lipinski definition) is 1. The molecule has 0 saturated heterocycles. The van der Waals surface area contributed by atoms with E-state index >= 15 is 0 Å². The van der Waals surface area contributed by atoms with Crippen LogP contribution in [0.15, 0.2) is 6.07 Å². The molecule has 14 heavy (non-hydrogen) atoms. The molecule has 0 unspecified atom stereocenters. The van der Waals surface area contributed by atoms with Gasteiger partial charge in [-0.3, -0.25) is 4.68 Å². The maximum Gasteiger partial charge on any atom is 0.122 e. The zero-order valence-corrected chi connectivity index (χ0v) is 10.2. The van der Waals surface area contributed by atoms with Gasteiger partial charge in [0.25, 0.3) is 0 Å². The maximum atomic E-state index is 5.26. The average Bonchev–Trinajstić information content (AvgIpc) is 2.43. The zero-order chi connectivity index (χ0) is 10.7. The first-order valence-electron chi connectivity index (χ1n) is 4.95. The Balaban J connectivity index is 2.73. The fourth-order valence-corrected chi connectivity index (χ4v) is 1.48. The molecular weight excluding hydrogens is 194 g/mol. The minimum Gasteiger partial charge on any atom is -0.308 e. The third-order valence-corrected chi connectivity index (χ3v) is 2.54. The highest BCUT2D eigenvalue weighted by Crippen LogP contribution is 2.11. The van der Waals surface area contributed by atoms with Gasteiger partial charge in [-0.1, -0.05) is 26.1 Å². The average molecular weight is 213 g/mol. The van der Waals surface area contributed by atoms with Crippen LogP contribution in [0, 0.1) is 4.64 Å². The molecule has 1 heterocycles. The number of nitrogens with zero attached hydrogens (tertiary/aromatic N) is 2. The van der Waals surface area contributed by atoms with E-state index in [2.05, 4.69) is 44.0 Å². The van der Waals surface area contributed by atoms with Gasteiger partial charge in [-0.05, 0) is 26.1 Å². The highest BCUT2D eigenvalue weighted by atomic mass is 32.1. The summed E-state index contributed by atoms with van der Waals surface area (Å²) in [6.45, 7) is 6.26. The normalized spacial score (nSPS) is 11.6. The summed E-state index contributed by atoms with van der Waals surface area (Å²) in [5, 5.41) is 3.32. The minimum absolute atomic E-state index is 0.511. The molecule has 3 nitrogen and oxygen atoms in total. The SMILES string of the molecule is CC(C)c1cc(=S)n(CCN(C)C)[nH]1. The van der Waals surface area contributed by atoms with Gasteiger partial charge >= 0.3 is 0 Å². The van der Waals surface area contributed by atoms with Crippen LogP contribution < -0.4 is 0 Å². The molecule has 0 saturated carbocycles. The molecule has 0 atom stereocenters. The van der Waals surface area contributed by atoms with Crippen molar-refractivity contribution in [3.05, 3.63) is 16.4 Å². The second-order valence-electron chi connectivity index (χ2n) is 4.16. The summed E-state index contributed by atoms with van der Waals surface area (Å²) < 4.78 is 2.93. The van der Waals surface area contributed by atoms with Crippen molar-refractivity contribution in [3.8, 4) is 0 Å². The van der Waals surface area contributed by atoms with Crippen LogP contribution in [-0.2, 0) is 6.54 Å². The molecule has 0 bridgehead atoms. The predicted molar refractivity (Wildman–Crippen MR) is 62.3 cm³/mol. The monoisotopic (exact) mass is 213 g/mol. The largest absolute Gasteiger partial charge is 0.308 e. The van der Waals surface area contributed by atoms with Crippen molar-refractivity contribution >= 4 is 12.2 Å². The molecule has 0 aliphatic heterocycles. The number of hydrogen-bond acceptors (Lipinski definition) is 2. The molecule has 0 radical (unpaired) electrons. The highest BCUT2D eigenvalue weighted by molar-refractivity contribution is 7.71. The van der Waals surface area contributed by atoms with Gasteiger partial charge in [-0.2, -0.15) is 0 Å². The molecule has 0 amide bonds. The predicted octanol–water partition coefficient (Wildman–Crippen LogP) is 2.23. The Hall–Kier alpha value is -0.610. The molecule has 0 aliphatic carbocycles. The lowest BCUT2D eigenvalue weighted by atomic mass is 10.1. The topological polar surface area (TPSA) is 24.0 Å². The van der Waals surface area contributed by atoms with Crippen LogP contribution in [0.4, 0.5) is 0 Å². The molecule has 1 aromatic heterocycles. The molecule has 4 heteroatoms. The quantitative estimate of drug-likeness (QED) is 0.776. The van der Waals surface area contributed by atoms with E-state index in [-0.39, 0.29) is 0 Å². The standard InChI is InChI=1S/C10H19N3S/c1-8(2)9-7-10(14)13(11-9)6-5-12(3)4/h7-8,11H,5-6H2,1-4H3. The lowest BCUT2D eigenvalue weighted by Crippen LogP contribution is -2.19. The van der Waals surface area contributed by atoms with E-state index in [0.717, 1.165) is 17.7 Å². The fraction of sp³-hybridized carbons (Fsp3) is 0.700. The molecule has 80 valence electrons. The summed E-state index contributed by atoms with van der Waals surface area (Å²) in [5.74, 6) is 0.511. The summed E-state index contributed by atoms with van der Waals surface area (Å²) in [4.78, 5) is 2.15. The van der Waals surface area contributed by atoms with E-state index in [1.54, 1.807) is 0 Å². The van der Waals surface area contributed by atoms with Crippen molar-refractivity contribution in [3.63, 3.8) is 0 Å². The van der Waals surface area contributed by atoms with Crippen molar-refractivity contribution in [1.29, 1.82) is 0 Å². The number of aromatic nitrogens is 2. The van der Waals surface area contributed by atoms with Gasteiger partial charge in [0.15, 0.2) is 0 Å². The Morgan fingerprint density at radius 2 is 2.14 bits per heavy atom. The smallest absolute Gasteiger partial charge is 0.122 e. The first kappa shape index (κ1) is 11.5. The van der Waals surface area contributed by atoms with Gasteiger partial charge in [0.05, 0.1) is 6.54 Å². The van der Waals surface area contributed by atoms with Crippen molar-refractivity contribution in [2.24, 2.45) is 0 Å². The van der Waals surface area contributed by atoms with Gasteiger partial charge in [0, 0.05) is 12.2 Å². The van der Waals surface area contributed by atoms with E-state index in [1.165, 1.54) is 5.69 Å². The summed E-state index contributed by atoms with van der Waals surface area (Å²) in [6, 6.07) is 2.05. The Bertz CT molecular complexity index is 335. The second kappa shape index (κ2) is 4.75. The van der Waals surface area contributed by atoms with Crippen LogP contribution in [-0.4, -0.2) is 35.3 Å². The Morgan fingerprint density at radius 3 is 2.57 bits per heavy atom. The number of aromatic amines is 1. The second-order valence-corrected chi connectivity index (χ2v) is 4.58. The van der Waals surface area contributed by atoms with E-state index in [0.29, 0.717) is 5.92 Å². The van der Waals surface area contributed by atoms with Crippen LogP contribution in [0.25, 0.3) is 0 Å². The van der Waals surface area contributed by atoms with Crippen molar-refractivity contribution < 1.29 is 0 Å². The summed E-state index contributed by atoms with van der Waals surface area (Å²) in [6.07, 6.45) is 0. The Labute approximate surface area is 90.7 Å². The van der Waals surface area contributed by atoms with Crippen LogP contribution >= 0.6 is 12.2 Å². The van der Waals surface area contributed by atoms with Gasteiger partial charge in [-0.25, -0.2) is 0 Å². The van der Waals surface area contributed by atoms with Crippen molar-refractivity contribution in [1.82, 2.24) is 14.7 Å².